The fourth-order valence-corrected chi connectivity index (χ4v) is 2.62. The maximum absolute atomic E-state index is 8.95. The SMILES string of the molecule is CC1(C)CCN(Cc2ccccn2)CC1CC#N. The molecule has 0 spiro atoms. The molecular formula is C15H21N3. The molecule has 0 saturated carbocycles. The molecule has 2 rings (SSSR count). The summed E-state index contributed by atoms with van der Waals surface area (Å²) in [6.45, 7) is 7.59. The average Bonchev–Trinajstić information content (AvgIpc) is 2.35. The molecule has 1 atom stereocenters. The molecule has 0 bridgehead atoms. The third-order valence-corrected chi connectivity index (χ3v) is 4.11. The van der Waals surface area contributed by atoms with Crippen LogP contribution in [0.1, 0.15) is 32.4 Å². The molecule has 18 heavy (non-hydrogen) atoms. The van der Waals surface area contributed by atoms with Gasteiger partial charge in [0.2, 0.25) is 0 Å². The lowest BCUT2D eigenvalue weighted by Gasteiger charge is -2.43. The van der Waals surface area contributed by atoms with E-state index in [1.807, 2.05) is 18.3 Å². The number of hydrogen-bond donors (Lipinski definition) is 0. The average molecular weight is 243 g/mol. The number of nitriles is 1. The van der Waals surface area contributed by atoms with Crippen molar-refractivity contribution in [2.24, 2.45) is 11.3 Å². The standard InChI is InChI=1S/C15H21N3/c1-15(2)7-10-18(11-13(15)6-8-16)12-14-5-3-4-9-17-14/h3-5,9,13H,6-7,10-12H2,1-2H3. The van der Waals surface area contributed by atoms with Crippen LogP contribution < -0.4 is 0 Å². The van der Waals surface area contributed by atoms with Crippen molar-refractivity contribution in [3.05, 3.63) is 30.1 Å². The Hall–Kier alpha value is -1.40. The first kappa shape index (κ1) is 13.0. The zero-order chi connectivity index (χ0) is 13.0. The van der Waals surface area contributed by atoms with E-state index in [4.69, 9.17) is 5.26 Å². The van der Waals surface area contributed by atoms with Crippen molar-refractivity contribution >= 4 is 0 Å². The van der Waals surface area contributed by atoms with Crippen molar-refractivity contribution in [2.75, 3.05) is 13.1 Å². The van der Waals surface area contributed by atoms with E-state index < -0.39 is 0 Å². The van der Waals surface area contributed by atoms with E-state index in [1.165, 1.54) is 0 Å². The number of pyridine rings is 1. The number of rotatable bonds is 3. The highest BCUT2D eigenvalue weighted by Gasteiger charge is 2.35. The minimum Gasteiger partial charge on any atom is -0.297 e. The summed E-state index contributed by atoms with van der Waals surface area (Å²) in [4.78, 5) is 6.80. The Kier molecular flexibility index (Phi) is 3.98. The molecule has 1 aromatic heterocycles. The maximum atomic E-state index is 8.95. The zero-order valence-corrected chi connectivity index (χ0v) is 11.3. The van der Waals surface area contributed by atoms with E-state index in [1.54, 1.807) is 0 Å². The Morgan fingerprint density at radius 1 is 1.50 bits per heavy atom. The van der Waals surface area contributed by atoms with Crippen LogP contribution in [0.15, 0.2) is 24.4 Å². The summed E-state index contributed by atoms with van der Waals surface area (Å²) in [6.07, 6.45) is 3.66. The van der Waals surface area contributed by atoms with Gasteiger partial charge in [0, 0.05) is 25.7 Å². The Bertz CT molecular complexity index is 419. The zero-order valence-electron chi connectivity index (χ0n) is 11.3. The molecule has 96 valence electrons. The van der Waals surface area contributed by atoms with Gasteiger partial charge in [-0.3, -0.25) is 9.88 Å². The van der Waals surface area contributed by atoms with Crippen molar-refractivity contribution in [1.29, 1.82) is 5.26 Å². The van der Waals surface area contributed by atoms with Gasteiger partial charge in [0.15, 0.2) is 0 Å². The summed E-state index contributed by atoms with van der Waals surface area (Å²) < 4.78 is 0. The van der Waals surface area contributed by atoms with Gasteiger partial charge in [-0.2, -0.15) is 5.26 Å². The monoisotopic (exact) mass is 243 g/mol. The van der Waals surface area contributed by atoms with Gasteiger partial charge in [0.25, 0.3) is 0 Å². The third kappa shape index (κ3) is 3.08. The van der Waals surface area contributed by atoms with Crippen molar-refractivity contribution in [1.82, 2.24) is 9.88 Å². The number of aromatic nitrogens is 1. The van der Waals surface area contributed by atoms with Gasteiger partial charge in [-0.15, -0.1) is 0 Å². The highest BCUT2D eigenvalue weighted by molar-refractivity contribution is 5.04. The molecule has 1 aliphatic rings. The minimum absolute atomic E-state index is 0.288. The van der Waals surface area contributed by atoms with Crippen LogP contribution in [0.3, 0.4) is 0 Å². The van der Waals surface area contributed by atoms with Crippen LogP contribution >= 0.6 is 0 Å². The Morgan fingerprint density at radius 2 is 2.33 bits per heavy atom. The van der Waals surface area contributed by atoms with Crippen molar-refractivity contribution in [3.63, 3.8) is 0 Å². The lowest BCUT2D eigenvalue weighted by molar-refractivity contribution is 0.0575. The summed E-state index contributed by atoms with van der Waals surface area (Å²) in [7, 11) is 0. The smallest absolute Gasteiger partial charge is 0.0625 e. The highest BCUT2D eigenvalue weighted by atomic mass is 15.1. The van der Waals surface area contributed by atoms with Crippen LogP contribution in [0.4, 0.5) is 0 Å². The van der Waals surface area contributed by atoms with E-state index in [0.717, 1.165) is 31.7 Å². The number of likely N-dealkylation sites (tertiary alicyclic amines) is 1. The molecule has 3 nitrogen and oxygen atoms in total. The van der Waals surface area contributed by atoms with E-state index in [-0.39, 0.29) is 5.41 Å². The molecule has 1 aromatic rings. The van der Waals surface area contributed by atoms with Gasteiger partial charge >= 0.3 is 0 Å². The normalized spacial score (nSPS) is 23.5. The molecule has 0 aromatic carbocycles. The van der Waals surface area contributed by atoms with E-state index in [9.17, 15) is 0 Å². The largest absolute Gasteiger partial charge is 0.297 e. The predicted molar refractivity (Wildman–Crippen MR) is 71.6 cm³/mol. The van der Waals surface area contributed by atoms with Crippen molar-refractivity contribution < 1.29 is 0 Å². The summed E-state index contributed by atoms with van der Waals surface area (Å²) >= 11 is 0. The Morgan fingerprint density at radius 3 is 3.00 bits per heavy atom. The van der Waals surface area contributed by atoms with Crippen LogP contribution in [0.5, 0.6) is 0 Å². The maximum Gasteiger partial charge on any atom is 0.0625 e. The summed E-state index contributed by atoms with van der Waals surface area (Å²) in [5.41, 5.74) is 1.41. The van der Waals surface area contributed by atoms with Gasteiger partial charge in [-0.1, -0.05) is 19.9 Å². The molecule has 0 N–H and O–H groups in total. The second-order valence-electron chi connectivity index (χ2n) is 5.85. The van der Waals surface area contributed by atoms with Gasteiger partial charge in [-0.25, -0.2) is 0 Å². The van der Waals surface area contributed by atoms with E-state index in [2.05, 4.69) is 35.9 Å². The lowest BCUT2D eigenvalue weighted by Crippen LogP contribution is -2.44. The fourth-order valence-electron chi connectivity index (χ4n) is 2.62. The molecule has 0 radical (unpaired) electrons. The second-order valence-corrected chi connectivity index (χ2v) is 5.85. The molecule has 3 heteroatoms. The molecule has 1 aliphatic heterocycles. The topological polar surface area (TPSA) is 39.9 Å². The summed E-state index contributed by atoms with van der Waals surface area (Å²) in [5.74, 6) is 0.472. The lowest BCUT2D eigenvalue weighted by atomic mass is 9.72. The first-order chi connectivity index (χ1) is 8.62. The van der Waals surface area contributed by atoms with Crippen LogP contribution in [-0.4, -0.2) is 23.0 Å². The van der Waals surface area contributed by atoms with E-state index >= 15 is 0 Å². The summed E-state index contributed by atoms with van der Waals surface area (Å²) in [6, 6.07) is 8.38. The van der Waals surface area contributed by atoms with Gasteiger partial charge in [-0.05, 0) is 36.4 Å². The third-order valence-electron chi connectivity index (χ3n) is 4.11. The van der Waals surface area contributed by atoms with Crippen LogP contribution in [0.2, 0.25) is 0 Å². The Labute approximate surface area is 109 Å². The molecule has 1 unspecified atom stereocenters. The molecule has 1 saturated heterocycles. The first-order valence-electron chi connectivity index (χ1n) is 6.61. The molecule has 2 heterocycles. The first-order valence-corrected chi connectivity index (χ1v) is 6.61. The molecule has 0 amide bonds. The fraction of sp³-hybridized carbons (Fsp3) is 0.600. The second kappa shape index (κ2) is 5.49. The number of nitrogens with zero attached hydrogens (tertiary/aromatic N) is 3. The van der Waals surface area contributed by atoms with Crippen LogP contribution in [0.25, 0.3) is 0 Å². The van der Waals surface area contributed by atoms with Crippen molar-refractivity contribution in [3.8, 4) is 6.07 Å². The van der Waals surface area contributed by atoms with Gasteiger partial charge in [0.1, 0.15) is 0 Å². The van der Waals surface area contributed by atoms with Gasteiger partial charge < -0.3 is 0 Å². The Balaban J connectivity index is 1.99. The number of piperidine rings is 1. The predicted octanol–water partition coefficient (Wildman–Crippen LogP) is 2.84. The summed E-state index contributed by atoms with van der Waals surface area (Å²) in [5, 5.41) is 8.95. The van der Waals surface area contributed by atoms with Gasteiger partial charge in [0.05, 0.1) is 11.8 Å². The van der Waals surface area contributed by atoms with Crippen LogP contribution in [-0.2, 0) is 6.54 Å². The molecule has 1 fully saturated rings. The molecular weight excluding hydrogens is 222 g/mol. The van der Waals surface area contributed by atoms with Crippen molar-refractivity contribution in [2.45, 2.75) is 33.2 Å². The van der Waals surface area contributed by atoms with E-state index in [0.29, 0.717) is 12.3 Å². The minimum atomic E-state index is 0.288. The quantitative estimate of drug-likeness (QED) is 0.819. The van der Waals surface area contributed by atoms with Crippen LogP contribution in [0, 0.1) is 22.7 Å². The highest BCUT2D eigenvalue weighted by Crippen LogP contribution is 2.37. The molecule has 0 aliphatic carbocycles. The number of hydrogen-bond acceptors (Lipinski definition) is 3.